The van der Waals surface area contributed by atoms with Crippen LogP contribution in [-0.4, -0.2) is 24.3 Å². The van der Waals surface area contributed by atoms with Gasteiger partial charge in [0.2, 0.25) is 11.8 Å². The Kier molecular flexibility index (Phi) is 9.06. The lowest BCUT2D eigenvalue weighted by molar-refractivity contribution is -0.124. The van der Waals surface area contributed by atoms with Gasteiger partial charge < -0.3 is 10.1 Å². The number of ether oxygens (including phenoxy) is 1. The van der Waals surface area contributed by atoms with E-state index in [9.17, 15) is 14.4 Å². The van der Waals surface area contributed by atoms with Crippen molar-refractivity contribution in [1.82, 2.24) is 10.9 Å². The van der Waals surface area contributed by atoms with Crippen molar-refractivity contribution in [2.24, 2.45) is 5.92 Å². The number of benzene rings is 2. The number of hydrogen-bond donors (Lipinski definition) is 3. The van der Waals surface area contributed by atoms with Crippen molar-refractivity contribution < 1.29 is 19.1 Å². The smallest absolute Gasteiger partial charge is 0.273 e. The number of amides is 3. The van der Waals surface area contributed by atoms with Crippen LogP contribution in [0.3, 0.4) is 0 Å². The van der Waals surface area contributed by atoms with Gasteiger partial charge in [-0.2, -0.15) is 0 Å². The first-order valence-electron chi connectivity index (χ1n) is 10.4. The van der Waals surface area contributed by atoms with Crippen LogP contribution in [0.5, 0.6) is 5.75 Å². The van der Waals surface area contributed by atoms with E-state index in [1.54, 1.807) is 24.3 Å². The number of rotatable bonds is 9. The Morgan fingerprint density at radius 2 is 1.65 bits per heavy atom. The summed E-state index contributed by atoms with van der Waals surface area (Å²) in [6.45, 7) is 8.55. The number of aryl methyl sites for hydroxylation is 2. The molecular formula is C24H31N3O4. The molecule has 3 amide bonds. The third-order valence-electron chi connectivity index (χ3n) is 4.65. The Labute approximate surface area is 183 Å². The SMILES string of the molecule is Cc1ccc(C)c(NC(=O)CCC(=O)NNC(=O)c2ccccc2OCCC(C)C)c1. The maximum Gasteiger partial charge on any atom is 0.273 e. The zero-order valence-corrected chi connectivity index (χ0v) is 18.6. The molecule has 0 spiro atoms. The average Bonchev–Trinajstić information content (AvgIpc) is 2.73. The van der Waals surface area contributed by atoms with Gasteiger partial charge in [-0.1, -0.05) is 38.1 Å². The van der Waals surface area contributed by atoms with Crippen LogP contribution in [0, 0.1) is 19.8 Å². The van der Waals surface area contributed by atoms with Crippen LogP contribution in [0.4, 0.5) is 5.69 Å². The molecule has 2 aromatic rings. The molecule has 2 aromatic carbocycles. The molecule has 0 saturated carbocycles. The highest BCUT2D eigenvalue weighted by molar-refractivity contribution is 5.98. The quantitative estimate of drug-likeness (QED) is 0.531. The van der Waals surface area contributed by atoms with Crippen LogP contribution in [-0.2, 0) is 9.59 Å². The lowest BCUT2D eigenvalue weighted by atomic mass is 10.1. The molecule has 7 nitrogen and oxygen atoms in total. The van der Waals surface area contributed by atoms with Gasteiger partial charge in [0, 0.05) is 18.5 Å². The first-order chi connectivity index (χ1) is 14.8. The molecule has 0 atom stereocenters. The fraction of sp³-hybridized carbons (Fsp3) is 0.375. The van der Waals surface area contributed by atoms with Crippen LogP contribution in [0.1, 0.15) is 54.6 Å². The van der Waals surface area contributed by atoms with E-state index in [0.29, 0.717) is 23.8 Å². The van der Waals surface area contributed by atoms with Crippen molar-refractivity contribution in [3.63, 3.8) is 0 Å². The number of hydrogen-bond acceptors (Lipinski definition) is 4. The van der Waals surface area contributed by atoms with Crippen LogP contribution < -0.4 is 20.9 Å². The topological polar surface area (TPSA) is 96.5 Å². The van der Waals surface area contributed by atoms with E-state index in [4.69, 9.17) is 4.74 Å². The Morgan fingerprint density at radius 1 is 0.935 bits per heavy atom. The molecule has 31 heavy (non-hydrogen) atoms. The minimum atomic E-state index is -0.478. The summed E-state index contributed by atoms with van der Waals surface area (Å²) < 4.78 is 5.70. The molecule has 0 bridgehead atoms. The van der Waals surface area contributed by atoms with Gasteiger partial charge in [0.1, 0.15) is 5.75 Å². The molecule has 0 radical (unpaired) electrons. The van der Waals surface area contributed by atoms with Gasteiger partial charge in [-0.05, 0) is 55.5 Å². The van der Waals surface area contributed by atoms with Gasteiger partial charge in [-0.3, -0.25) is 25.2 Å². The summed E-state index contributed by atoms with van der Waals surface area (Å²) in [5.41, 5.74) is 7.77. The normalized spacial score (nSPS) is 10.5. The standard InChI is InChI=1S/C24H31N3O4/c1-16(2)13-14-31-21-8-6-5-7-19(21)24(30)27-26-23(29)12-11-22(28)25-20-15-17(3)9-10-18(20)4/h5-10,15-16H,11-14H2,1-4H3,(H,25,28)(H,26,29)(H,27,30). The van der Waals surface area contributed by atoms with E-state index in [0.717, 1.165) is 23.2 Å². The van der Waals surface area contributed by atoms with Crippen molar-refractivity contribution in [2.75, 3.05) is 11.9 Å². The van der Waals surface area contributed by atoms with Crippen LogP contribution in [0.15, 0.2) is 42.5 Å². The van der Waals surface area contributed by atoms with Crippen LogP contribution in [0.2, 0.25) is 0 Å². The fourth-order valence-corrected chi connectivity index (χ4v) is 2.75. The number of carbonyl (C=O) groups excluding carboxylic acids is 3. The van der Waals surface area contributed by atoms with E-state index in [1.165, 1.54) is 0 Å². The lowest BCUT2D eigenvalue weighted by Crippen LogP contribution is -2.42. The number of anilines is 1. The van der Waals surface area contributed by atoms with E-state index in [2.05, 4.69) is 30.0 Å². The third-order valence-corrected chi connectivity index (χ3v) is 4.65. The molecule has 2 rings (SSSR count). The Balaban J connectivity index is 1.80. The Hall–Kier alpha value is -3.35. The molecule has 166 valence electrons. The summed E-state index contributed by atoms with van der Waals surface area (Å²) >= 11 is 0. The summed E-state index contributed by atoms with van der Waals surface area (Å²) in [5.74, 6) is -0.245. The second-order valence-electron chi connectivity index (χ2n) is 7.90. The van der Waals surface area contributed by atoms with Crippen molar-refractivity contribution in [3.8, 4) is 5.75 Å². The second kappa shape index (κ2) is 11.7. The summed E-state index contributed by atoms with van der Waals surface area (Å²) in [4.78, 5) is 36.6. The van der Waals surface area contributed by atoms with Crippen LogP contribution in [0.25, 0.3) is 0 Å². The minimum absolute atomic E-state index is 0.00395. The zero-order valence-electron chi connectivity index (χ0n) is 18.6. The molecule has 0 fully saturated rings. The predicted molar refractivity (Wildman–Crippen MR) is 121 cm³/mol. The summed E-state index contributed by atoms with van der Waals surface area (Å²) in [6, 6.07) is 12.6. The highest BCUT2D eigenvalue weighted by atomic mass is 16.5. The zero-order chi connectivity index (χ0) is 22.8. The third kappa shape index (κ3) is 8.12. The van der Waals surface area contributed by atoms with E-state index >= 15 is 0 Å². The number of hydrazine groups is 1. The average molecular weight is 426 g/mol. The molecule has 0 aliphatic carbocycles. The first-order valence-corrected chi connectivity index (χ1v) is 10.4. The molecule has 0 aliphatic rings. The number of para-hydroxylation sites is 1. The molecule has 3 N–H and O–H groups in total. The Bertz CT molecular complexity index is 925. The van der Waals surface area contributed by atoms with Gasteiger partial charge in [0.05, 0.1) is 12.2 Å². The monoisotopic (exact) mass is 425 g/mol. The minimum Gasteiger partial charge on any atom is -0.493 e. The van der Waals surface area contributed by atoms with Gasteiger partial charge in [0.25, 0.3) is 5.91 Å². The molecule has 0 aliphatic heterocycles. The van der Waals surface area contributed by atoms with E-state index in [-0.39, 0.29) is 18.7 Å². The summed E-state index contributed by atoms with van der Waals surface area (Å²) in [6.07, 6.45) is 0.824. The molecule has 0 unspecified atom stereocenters. The number of nitrogens with one attached hydrogen (secondary N) is 3. The van der Waals surface area contributed by atoms with E-state index in [1.807, 2.05) is 32.0 Å². The molecular weight excluding hydrogens is 394 g/mol. The van der Waals surface area contributed by atoms with Crippen molar-refractivity contribution >= 4 is 23.4 Å². The molecule has 0 heterocycles. The van der Waals surface area contributed by atoms with Gasteiger partial charge in [0.15, 0.2) is 0 Å². The van der Waals surface area contributed by atoms with Gasteiger partial charge >= 0.3 is 0 Å². The maximum atomic E-state index is 12.4. The summed E-state index contributed by atoms with van der Waals surface area (Å²) in [5, 5.41) is 2.81. The first kappa shape index (κ1) is 23.9. The van der Waals surface area contributed by atoms with Gasteiger partial charge in [-0.15, -0.1) is 0 Å². The van der Waals surface area contributed by atoms with Gasteiger partial charge in [-0.25, -0.2) is 0 Å². The van der Waals surface area contributed by atoms with Crippen molar-refractivity contribution in [2.45, 2.75) is 47.0 Å². The maximum absolute atomic E-state index is 12.4. The highest BCUT2D eigenvalue weighted by Gasteiger charge is 2.14. The van der Waals surface area contributed by atoms with Crippen LogP contribution >= 0.6 is 0 Å². The molecule has 0 saturated heterocycles. The molecule has 0 aromatic heterocycles. The second-order valence-corrected chi connectivity index (χ2v) is 7.90. The fourth-order valence-electron chi connectivity index (χ4n) is 2.75. The molecule has 7 heteroatoms. The number of carbonyl (C=O) groups is 3. The predicted octanol–water partition coefficient (Wildman–Crippen LogP) is 3.91. The Morgan fingerprint density at radius 3 is 2.39 bits per heavy atom. The van der Waals surface area contributed by atoms with E-state index < -0.39 is 11.8 Å². The summed E-state index contributed by atoms with van der Waals surface area (Å²) in [7, 11) is 0. The lowest BCUT2D eigenvalue weighted by Gasteiger charge is -2.13. The largest absolute Gasteiger partial charge is 0.493 e. The van der Waals surface area contributed by atoms with Crippen molar-refractivity contribution in [3.05, 3.63) is 59.2 Å². The van der Waals surface area contributed by atoms with Crippen molar-refractivity contribution in [1.29, 1.82) is 0 Å². The highest BCUT2D eigenvalue weighted by Crippen LogP contribution is 2.19.